The van der Waals surface area contributed by atoms with Crippen LogP contribution in [0.3, 0.4) is 0 Å². The van der Waals surface area contributed by atoms with Crippen molar-refractivity contribution in [2.45, 2.75) is 11.8 Å². The molecule has 0 atom stereocenters. The van der Waals surface area contributed by atoms with Gasteiger partial charge in [-0.15, -0.1) is 11.8 Å². The van der Waals surface area contributed by atoms with E-state index in [2.05, 4.69) is 10.3 Å². The van der Waals surface area contributed by atoms with Crippen molar-refractivity contribution in [2.75, 3.05) is 18.7 Å². The number of ether oxygens (including phenoxy) is 1. The number of rotatable bonds is 4. The third-order valence-corrected chi connectivity index (χ3v) is 3.62. The zero-order valence-electron chi connectivity index (χ0n) is 11.6. The standard InChI is InChI=1S/C15H16N2O2S/c1-10-4-6-12(20-3)8-13(10)15(18)17-11-5-7-14(19-2)16-9-11/h4-9H,1-3H3,(H,17,18). The Hall–Kier alpha value is -2.01. The number of anilines is 1. The van der Waals surface area contributed by atoms with E-state index >= 15 is 0 Å². The molecule has 104 valence electrons. The number of methoxy groups -OCH3 is 1. The number of aromatic nitrogens is 1. The first-order valence-electron chi connectivity index (χ1n) is 6.10. The highest BCUT2D eigenvalue weighted by Gasteiger charge is 2.10. The number of pyridine rings is 1. The molecule has 0 aliphatic rings. The Morgan fingerprint density at radius 2 is 2.10 bits per heavy atom. The van der Waals surface area contributed by atoms with Crippen molar-refractivity contribution in [3.05, 3.63) is 47.7 Å². The molecule has 0 saturated heterocycles. The van der Waals surface area contributed by atoms with E-state index in [0.29, 0.717) is 17.1 Å². The Bertz CT molecular complexity index is 612. The van der Waals surface area contributed by atoms with Gasteiger partial charge in [-0.2, -0.15) is 0 Å². The van der Waals surface area contributed by atoms with Crippen LogP contribution in [0.15, 0.2) is 41.4 Å². The van der Waals surface area contributed by atoms with Gasteiger partial charge in [0.05, 0.1) is 19.0 Å². The number of hydrogen-bond acceptors (Lipinski definition) is 4. The van der Waals surface area contributed by atoms with Crippen molar-refractivity contribution in [1.29, 1.82) is 0 Å². The number of benzene rings is 1. The van der Waals surface area contributed by atoms with Crippen LogP contribution in [-0.4, -0.2) is 24.3 Å². The quantitative estimate of drug-likeness (QED) is 0.876. The van der Waals surface area contributed by atoms with Crippen LogP contribution in [0.25, 0.3) is 0 Å². The molecule has 0 radical (unpaired) electrons. The molecule has 1 aromatic carbocycles. The number of carbonyl (C=O) groups is 1. The monoisotopic (exact) mass is 288 g/mol. The topological polar surface area (TPSA) is 51.2 Å². The fourth-order valence-corrected chi connectivity index (χ4v) is 2.19. The van der Waals surface area contributed by atoms with Crippen molar-refractivity contribution < 1.29 is 9.53 Å². The molecule has 20 heavy (non-hydrogen) atoms. The SMILES string of the molecule is COc1ccc(NC(=O)c2cc(SC)ccc2C)cn1. The lowest BCUT2D eigenvalue weighted by atomic mass is 10.1. The molecule has 2 aromatic rings. The third kappa shape index (κ3) is 3.30. The Kier molecular flexibility index (Phi) is 4.63. The van der Waals surface area contributed by atoms with Crippen LogP contribution in [0.1, 0.15) is 15.9 Å². The summed E-state index contributed by atoms with van der Waals surface area (Å²) in [6, 6.07) is 9.32. The van der Waals surface area contributed by atoms with E-state index in [1.807, 2.05) is 31.4 Å². The highest BCUT2D eigenvalue weighted by Crippen LogP contribution is 2.20. The molecular formula is C15H16N2O2S. The highest BCUT2D eigenvalue weighted by atomic mass is 32.2. The Labute approximate surface area is 122 Å². The summed E-state index contributed by atoms with van der Waals surface area (Å²) < 4.78 is 4.98. The van der Waals surface area contributed by atoms with Gasteiger partial charge in [-0.05, 0) is 36.9 Å². The molecule has 1 heterocycles. The van der Waals surface area contributed by atoms with Gasteiger partial charge in [0.25, 0.3) is 5.91 Å². The van der Waals surface area contributed by atoms with Gasteiger partial charge in [0.1, 0.15) is 0 Å². The predicted molar refractivity (Wildman–Crippen MR) is 81.7 cm³/mol. The van der Waals surface area contributed by atoms with Gasteiger partial charge in [0, 0.05) is 16.5 Å². The van der Waals surface area contributed by atoms with Crippen molar-refractivity contribution in [1.82, 2.24) is 4.98 Å². The lowest BCUT2D eigenvalue weighted by Gasteiger charge is -2.09. The summed E-state index contributed by atoms with van der Waals surface area (Å²) in [5, 5.41) is 2.84. The van der Waals surface area contributed by atoms with E-state index in [0.717, 1.165) is 10.5 Å². The molecule has 0 aliphatic carbocycles. The fourth-order valence-electron chi connectivity index (χ4n) is 1.75. The first kappa shape index (κ1) is 14.4. The molecule has 0 bridgehead atoms. The lowest BCUT2D eigenvalue weighted by molar-refractivity contribution is 0.102. The van der Waals surface area contributed by atoms with Crippen LogP contribution in [0.4, 0.5) is 5.69 Å². The largest absolute Gasteiger partial charge is 0.481 e. The average molecular weight is 288 g/mol. The maximum Gasteiger partial charge on any atom is 0.256 e. The molecule has 0 unspecified atom stereocenters. The number of thioether (sulfide) groups is 1. The summed E-state index contributed by atoms with van der Waals surface area (Å²) in [5.41, 5.74) is 2.26. The van der Waals surface area contributed by atoms with E-state index < -0.39 is 0 Å². The first-order valence-corrected chi connectivity index (χ1v) is 7.32. The van der Waals surface area contributed by atoms with E-state index in [9.17, 15) is 4.79 Å². The second-order valence-corrected chi connectivity index (χ2v) is 5.10. The third-order valence-electron chi connectivity index (χ3n) is 2.89. The Balaban J connectivity index is 2.18. The van der Waals surface area contributed by atoms with Crippen molar-refractivity contribution in [3.63, 3.8) is 0 Å². The predicted octanol–water partition coefficient (Wildman–Crippen LogP) is 3.37. The summed E-state index contributed by atoms with van der Waals surface area (Å²) in [6.07, 6.45) is 3.56. The van der Waals surface area contributed by atoms with Gasteiger partial charge in [0.2, 0.25) is 5.88 Å². The lowest BCUT2D eigenvalue weighted by Crippen LogP contribution is -2.13. The maximum atomic E-state index is 12.3. The molecule has 0 saturated carbocycles. The van der Waals surface area contributed by atoms with Gasteiger partial charge in [-0.3, -0.25) is 4.79 Å². The van der Waals surface area contributed by atoms with Gasteiger partial charge in [-0.1, -0.05) is 6.07 Å². The molecule has 1 N–H and O–H groups in total. The van der Waals surface area contributed by atoms with E-state index in [1.54, 1.807) is 37.2 Å². The Morgan fingerprint density at radius 3 is 2.70 bits per heavy atom. The van der Waals surface area contributed by atoms with Crippen LogP contribution in [-0.2, 0) is 0 Å². The summed E-state index contributed by atoms with van der Waals surface area (Å²) in [6.45, 7) is 1.92. The molecule has 5 heteroatoms. The maximum absolute atomic E-state index is 12.3. The van der Waals surface area contributed by atoms with Crippen molar-refractivity contribution in [3.8, 4) is 5.88 Å². The molecule has 0 fully saturated rings. The summed E-state index contributed by atoms with van der Waals surface area (Å²) in [5.74, 6) is 0.383. The Morgan fingerprint density at radius 1 is 1.30 bits per heavy atom. The molecule has 2 rings (SSSR count). The first-order chi connectivity index (χ1) is 9.63. The van der Waals surface area contributed by atoms with Crippen molar-refractivity contribution >= 4 is 23.4 Å². The number of amides is 1. The van der Waals surface area contributed by atoms with Crippen LogP contribution in [0.5, 0.6) is 5.88 Å². The zero-order chi connectivity index (χ0) is 14.5. The van der Waals surface area contributed by atoms with Crippen molar-refractivity contribution in [2.24, 2.45) is 0 Å². The van der Waals surface area contributed by atoms with Crippen LogP contribution >= 0.6 is 11.8 Å². The minimum atomic E-state index is -0.134. The van der Waals surface area contributed by atoms with E-state index in [4.69, 9.17) is 4.74 Å². The molecule has 0 spiro atoms. The molecule has 0 aliphatic heterocycles. The van der Waals surface area contributed by atoms with Crippen LogP contribution < -0.4 is 10.1 Å². The number of aryl methyl sites for hydroxylation is 1. The molecule has 1 aromatic heterocycles. The number of carbonyl (C=O) groups excluding carboxylic acids is 1. The minimum absolute atomic E-state index is 0.134. The zero-order valence-corrected chi connectivity index (χ0v) is 12.5. The van der Waals surface area contributed by atoms with E-state index in [1.165, 1.54) is 0 Å². The fraction of sp³-hybridized carbons (Fsp3) is 0.200. The van der Waals surface area contributed by atoms with Gasteiger partial charge >= 0.3 is 0 Å². The second kappa shape index (κ2) is 6.43. The van der Waals surface area contributed by atoms with Crippen LogP contribution in [0.2, 0.25) is 0 Å². The summed E-state index contributed by atoms with van der Waals surface area (Å²) >= 11 is 1.61. The van der Waals surface area contributed by atoms with Gasteiger partial charge in [-0.25, -0.2) is 4.98 Å². The normalized spacial score (nSPS) is 10.2. The number of nitrogens with one attached hydrogen (secondary N) is 1. The van der Waals surface area contributed by atoms with Crippen LogP contribution in [0, 0.1) is 6.92 Å². The minimum Gasteiger partial charge on any atom is -0.481 e. The second-order valence-electron chi connectivity index (χ2n) is 4.22. The smallest absolute Gasteiger partial charge is 0.256 e. The summed E-state index contributed by atoms with van der Waals surface area (Å²) in [7, 11) is 1.55. The highest BCUT2D eigenvalue weighted by molar-refractivity contribution is 7.98. The number of hydrogen-bond donors (Lipinski definition) is 1. The molecular weight excluding hydrogens is 272 g/mol. The average Bonchev–Trinajstić information content (AvgIpc) is 2.48. The van der Waals surface area contributed by atoms with E-state index in [-0.39, 0.29) is 5.91 Å². The molecule has 1 amide bonds. The van der Waals surface area contributed by atoms with Gasteiger partial charge in [0.15, 0.2) is 0 Å². The molecule has 4 nitrogen and oxygen atoms in total. The number of nitrogens with zero attached hydrogens (tertiary/aromatic N) is 1. The summed E-state index contributed by atoms with van der Waals surface area (Å²) in [4.78, 5) is 17.4. The van der Waals surface area contributed by atoms with Gasteiger partial charge < -0.3 is 10.1 Å².